The molecule has 0 saturated carbocycles. The number of carbonyl (C=O) groups excluding carboxylic acids is 1. The van der Waals surface area contributed by atoms with Gasteiger partial charge in [0, 0.05) is 13.6 Å². The molecule has 0 spiro atoms. The Labute approximate surface area is 116 Å². The molecule has 0 saturated heterocycles. The molecule has 2 heterocycles. The zero-order valence-corrected chi connectivity index (χ0v) is 12.3. The zero-order chi connectivity index (χ0) is 14.2. The highest BCUT2D eigenvalue weighted by Gasteiger charge is 2.21. The first-order valence-corrected chi connectivity index (χ1v) is 6.71. The standard InChI is InChI=1S/C12H18ClN5O/c1-5-18-12-10(8(3)16-18)15-11(7(2)13)17(12)6-9(19)14-4/h7H,5-6H2,1-4H3,(H,14,19). The number of amides is 1. The van der Waals surface area contributed by atoms with E-state index in [4.69, 9.17) is 11.6 Å². The number of aryl methyl sites for hydroxylation is 2. The van der Waals surface area contributed by atoms with E-state index >= 15 is 0 Å². The maximum Gasteiger partial charge on any atom is 0.239 e. The molecule has 0 aliphatic rings. The third-order valence-electron chi connectivity index (χ3n) is 3.06. The van der Waals surface area contributed by atoms with Crippen molar-refractivity contribution in [1.29, 1.82) is 0 Å². The van der Waals surface area contributed by atoms with Crippen molar-refractivity contribution in [2.45, 2.75) is 39.2 Å². The minimum Gasteiger partial charge on any atom is -0.358 e. The Hall–Kier alpha value is -1.56. The van der Waals surface area contributed by atoms with Gasteiger partial charge in [0.15, 0.2) is 5.65 Å². The average Bonchev–Trinajstić information content (AvgIpc) is 2.88. The first-order chi connectivity index (χ1) is 8.99. The molecule has 1 amide bonds. The molecule has 2 rings (SSSR count). The lowest BCUT2D eigenvalue weighted by Gasteiger charge is -2.10. The molecule has 2 aromatic heterocycles. The highest BCUT2D eigenvalue weighted by molar-refractivity contribution is 6.20. The predicted octanol–water partition coefficient (Wildman–Crippen LogP) is 1.61. The topological polar surface area (TPSA) is 64.7 Å². The van der Waals surface area contributed by atoms with Crippen molar-refractivity contribution in [2.75, 3.05) is 7.05 Å². The number of aromatic nitrogens is 4. The van der Waals surface area contributed by atoms with E-state index in [9.17, 15) is 4.79 Å². The molecule has 0 radical (unpaired) electrons. The molecule has 0 bridgehead atoms. The van der Waals surface area contributed by atoms with Crippen LogP contribution in [0.15, 0.2) is 0 Å². The van der Waals surface area contributed by atoms with Crippen LogP contribution in [0.25, 0.3) is 11.2 Å². The summed E-state index contributed by atoms with van der Waals surface area (Å²) in [6, 6.07) is 0. The summed E-state index contributed by atoms with van der Waals surface area (Å²) >= 11 is 6.17. The van der Waals surface area contributed by atoms with Crippen LogP contribution in [0.2, 0.25) is 0 Å². The molecule has 1 unspecified atom stereocenters. The number of alkyl halides is 1. The lowest BCUT2D eigenvalue weighted by atomic mass is 10.4. The molecule has 19 heavy (non-hydrogen) atoms. The van der Waals surface area contributed by atoms with Crippen molar-refractivity contribution >= 4 is 28.7 Å². The molecule has 0 aliphatic heterocycles. The van der Waals surface area contributed by atoms with Crippen LogP contribution in [0.1, 0.15) is 30.7 Å². The van der Waals surface area contributed by atoms with Gasteiger partial charge in [0.2, 0.25) is 5.91 Å². The van der Waals surface area contributed by atoms with Gasteiger partial charge in [-0.3, -0.25) is 4.79 Å². The number of halogens is 1. The molecule has 1 atom stereocenters. The molecule has 0 aromatic carbocycles. The fraction of sp³-hybridized carbons (Fsp3) is 0.583. The number of imidazole rings is 1. The van der Waals surface area contributed by atoms with Gasteiger partial charge < -0.3 is 9.88 Å². The maximum atomic E-state index is 11.7. The largest absolute Gasteiger partial charge is 0.358 e. The Bertz CT molecular complexity index is 613. The zero-order valence-electron chi connectivity index (χ0n) is 11.6. The minimum absolute atomic E-state index is 0.0839. The summed E-state index contributed by atoms with van der Waals surface area (Å²) in [5, 5.41) is 6.78. The predicted molar refractivity (Wildman–Crippen MR) is 74.3 cm³/mol. The van der Waals surface area contributed by atoms with Crippen molar-refractivity contribution in [3.8, 4) is 0 Å². The molecule has 6 nitrogen and oxygen atoms in total. The first-order valence-electron chi connectivity index (χ1n) is 6.27. The number of hydrogen-bond acceptors (Lipinski definition) is 3. The van der Waals surface area contributed by atoms with Crippen molar-refractivity contribution in [2.24, 2.45) is 0 Å². The normalized spacial score (nSPS) is 12.9. The van der Waals surface area contributed by atoms with E-state index in [1.807, 2.05) is 30.0 Å². The summed E-state index contributed by atoms with van der Waals surface area (Å²) < 4.78 is 3.69. The van der Waals surface area contributed by atoms with Crippen LogP contribution < -0.4 is 5.32 Å². The highest BCUT2D eigenvalue weighted by atomic mass is 35.5. The molecule has 1 N–H and O–H groups in total. The second-order valence-corrected chi connectivity index (χ2v) is 5.07. The summed E-state index contributed by atoms with van der Waals surface area (Å²) in [4.78, 5) is 16.2. The lowest BCUT2D eigenvalue weighted by molar-refractivity contribution is -0.121. The molecule has 104 valence electrons. The number of nitrogens with one attached hydrogen (secondary N) is 1. The number of nitrogens with zero attached hydrogens (tertiary/aromatic N) is 4. The third kappa shape index (κ3) is 2.32. The average molecular weight is 284 g/mol. The van der Waals surface area contributed by atoms with Crippen molar-refractivity contribution in [3.63, 3.8) is 0 Å². The fourth-order valence-electron chi connectivity index (χ4n) is 2.14. The number of fused-ring (bicyclic) bond motifs is 1. The Morgan fingerprint density at radius 3 is 2.74 bits per heavy atom. The van der Waals surface area contributed by atoms with Gasteiger partial charge in [-0.15, -0.1) is 11.6 Å². The number of hydrogen-bond donors (Lipinski definition) is 1. The molecule has 2 aromatic rings. The van der Waals surface area contributed by atoms with Crippen molar-refractivity contribution in [3.05, 3.63) is 11.5 Å². The van der Waals surface area contributed by atoms with Crippen LogP contribution in [0.5, 0.6) is 0 Å². The second kappa shape index (κ2) is 5.21. The quantitative estimate of drug-likeness (QED) is 0.867. The van der Waals surface area contributed by atoms with Crippen molar-refractivity contribution in [1.82, 2.24) is 24.6 Å². The van der Waals surface area contributed by atoms with Crippen LogP contribution in [-0.2, 0) is 17.9 Å². The lowest BCUT2D eigenvalue weighted by Crippen LogP contribution is -2.25. The van der Waals surface area contributed by atoms with E-state index in [1.54, 1.807) is 7.05 Å². The Balaban J connectivity index is 2.67. The van der Waals surface area contributed by atoms with E-state index in [2.05, 4.69) is 15.4 Å². The maximum absolute atomic E-state index is 11.7. The third-order valence-corrected chi connectivity index (χ3v) is 3.26. The SMILES string of the molecule is CCn1nc(C)c2nc(C(C)Cl)n(CC(=O)NC)c21. The monoisotopic (exact) mass is 283 g/mol. The van der Waals surface area contributed by atoms with E-state index < -0.39 is 0 Å². The van der Waals surface area contributed by atoms with Gasteiger partial charge in [-0.1, -0.05) is 0 Å². The highest BCUT2D eigenvalue weighted by Crippen LogP contribution is 2.26. The van der Waals surface area contributed by atoms with Gasteiger partial charge in [0.05, 0.1) is 11.1 Å². The Kier molecular flexibility index (Phi) is 3.80. The van der Waals surface area contributed by atoms with Crippen LogP contribution in [-0.4, -0.2) is 32.3 Å². The summed E-state index contributed by atoms with van der Waals surface area (Å²) in [5.41, 5.74) is 2.52. The van der Waals surface area contributed by atoms with Gasteiger partial charge in [0.25, 0.3) is 0 Å². The summed E-state index contributed by atoms with van der Waals surface area (Å²) in [6.45, 7) is 6.69. The van der Waals surface area contributed by atoms with Gasteiger partial charge in [-0.05, 0) is 20.8 Å². The number of carbonyl (C=O) groups is 1. The Morgan fingerprint density at radius 1 is 1.53 bits per heavy atom. The van der Waals surface area contributed by atoms with Crippen LogP contribution in [0.4, 0.5) is 0 Å². The minimum atomic E-state index is -0.262. The van der Waals surface area contributed by atoms with Crippen molar-refractivity contribution < 1.29 is 4.79 Å². The smallest absolute Gasteiger partial charge is 0.239 e. The summed E-state index contributed by atoms with van der Waals surface area (Å²) in [6.07, 6.45) is 0. The van der Waals surface area contributed by atoms with E-state index in [1.165, 1.54) is 0 Å². The molecular weight excluding hydrogens is 266 g/mol. The Morgan fingerprint density at radius 2 is 2.21 bits per heavy atom. The van der Waals surface area contributed by atoms with Gasteiger partial charge in [-0.2, -0.15) is 5.10 Å². The van der Waals surface area contributed by atoms with E-state index in [0.717, 1.165) is 23.4 Å². The molecule has 0 fully saturated rings. The molecular formula is C12H18ClN5O. The second-order valence-electron chi connectivity index (χ2n) is 4.42. The van der Waals surface area contributed by atoms with Crippen LogP contribution in [0.3, 0.4) is 0 Å². The summed E-state index contributed by atoms with van der Waals surface area (Å²) in [5.74, 6) is 0.613. The van der Waals surface area contributed by atoms with Gasteiger partial charge >= 0.3 is 0 Å². The number of rotatable bonds is 4. The first kappa shape index (κ1) is 13.9. The number of likely N-dealkylation sites (N-methyl/N-ethyl adjacent to an activating group) is 1. The summed E-state index contributed by atoms with van der Waals surface area (Å²) in [7, 11) is 1.61. The van der Waals surface area contributed by atoms with Gasteiger partial charge in [-0.25, -0.2) is 9.67 Å². The van der Waals surface area contributed by atoms with Crippen LogP contribution >= 0.6 is 11.6 Å². The van der Waals surface area contributed by atoms with Gasteiger partial charge in [0.1, 0.15) is 17.9 Å². The van der Waals surface area contributed by atoms with E-state index in [-0.39, 0.29) is 17.8 Å². The molecule has 0 aliphatic carbocycles. The van der Waals surface area contributed by atoms with Crippen LogP contribution in [0, 0.1) is 6.92 Å². The fourth-order valence-corrected chi connectivity index (χ4v) is 2.31. The molecule has 7 heteroatoms. The van der Waals surface area contributed by atoms with E-state index in [0.29, 0.717) is 5.82 Å².